The molecule has 2 heterocycles. The highest BCUT2D eigenvalue weighted by molar-refractivity contribution is 5.95. The Morgan fingerprint density at radius 3 is 1.53 bits per heavy atom. The van der Waals surface area contributed by atoms with Crippen molar-refractivity contribution in [1.82, 2.24) is 47.0 Å². The van der Waals surface area contributed by atoms with Crippen LogP contribution < -0.4 is 37.2 Å². The fraction of sp³-hybridized carbons (Fsp3) is 0.607. The van der Waals surface area contributed by atoms with Crippen LogP contribution in [0.5, 0.6) is 0 Å². The van der Waals surface area contributed by atoms with E-state index in [1.54, 1.807) is 32.8 Å². The van der Waals surface area contributed by atoms with Gasteiger partial charge in [0.15, 0.2) is 0 Å². The number of ketones is 1. The zero-order valence-electron chi connectivity index (χ0n) is 47.7. The van der Waals surface area contributed by atoms with Gasteiger partial charge in [-0.3, -0.25) is 38.4 Å². The van der Waals surface area contributed by atoms with Crippen LogP contribution >= 0.6 is 0 Å². The first-order valence-electron chi connectivity index (χ1n) is 28.1. The second-order valence-corrected chi connectivity index (χ2v) is 23.9. The van der Waals surface area contributed by atoms with Gasteiger partial charge in [-0.2, -0.15) is 0 Å². The first kappa shape index (κ1) is 60.7. The molecule has 17 heteroatoms. The summed E-state index contributed by atoms with van der Waals surface area (Å²) in [4.78, 5) is 113. The van der Waals surface area contributed by atoms with Crippen molar-refractivity contribution in [2.75, 3.05) is 27.2 Å². The van der Waals surface area contributed by atoms with Crippen molar-refractivity contribution in [2.45, 2.75) is 193 Å². The number of nitrogens with one attached hydrogen (secondary N) is 7. The van der Waals surface area contributed by atoms with Crippen molar-refractivity contribution in [3.63, 3.8) is 0 Å². The minimum Gasteiger partial charge on any atom is -0.351 e. The van der Waals surface area contributed by atoms with Crippen LogP contribution in [-0.4, -0.2) is 126 Å². The minimum absolute atomic E-state index is 0.0506. The van der Waals surface area contributed by atoms with Gasteiger partial charge in [-0.05, 0) is 130 Å². The largest absolute Gasteiger partial charge is 0.351 e. The summed E-state index contributed by atoms with van der Waals surface area (Å²) in [7, 11) is 3.33. The molecule has 7 amide bonds. The van der Waals surface area contributed by atoms with E-state index < -0.39 is 59.0 Å². The van der Waals surface area contributed by atoms with Crippen LogP contribution in [0.3, 0.4) is 0 Å². The molecular weight excluding hydrogens is 987 g/mol. The summed E-state index contributed by atoms with van der Waals surface area (Å²) in [5.74, 6) is 8.78. The van der Waals surface area contributed by atoms with Crippen molar-refractivity contribution in [3.05, 3.63) is 70.8 Å². The lowest BCUT2D eigenvalue weighted by Gasteiger charge is -2.36. The Hall–Kier alpha value is -6.56. The Balaban J connectivity index is 1.03. The zero-order chi connectivity index (χ0) is 56.9. The molecule has 2 aliphatic heterocycles. The van der Waals surface area contributed by atoms with Gasteiger partial charge in [-0.15, -0.1) is 0 Å². The van der Waals surface area contributed by atoms with Gasteiger partial charge in [0.05, 0.1) is 24.2 Å². The van der Waals surface area contributed by atoms with Gasteiger partial charge in [0.1, 0.15) is 30.0 Å². The lowest BCUT2D eigenvalue weighted by molar-refractivity contribution is -0.144. The second-order valence-electron chi connectivity index (χ2n) is 23.9. The summed E-state index contributed by atoms with van der Waals surface area (Å²) in [6.45, 7) is 14.9. The molecule has 0 bridgehead atoms. The summed E-state index contributed by atoms with van der Waals surface area (Å²) in [5, 5.41) is 21.1. The standard InChI is InChI=1S/C61H85N9O8/c1-38(62-9)54(73)67-52(60(3,4)5)58(77)69-36-40(34-49(69)56(75)65-47-30-21-25-41-23-17-19-28-45(41)47)33-44(71)27-15-13-11-12-14-16-32-51(72)64-43-35-50(57(76)66-48-31-22-26-42-24-18-20-29-46(42)48)70(37-43)59(78)53(61(6,7)8)68-55(74)39(2)63-10/h17-20,23-24,28-29,38-40,43,47-50,52-53,62-63H,15-16,21-22,25-27,30-37H2,1-10H3,(H,64,72)(H,65,75)(H,66,76)(H,67,73)(H,68,74)/t38-,39-,40-,43-,47+,48+,49-,50-,52+,53+/m0/s1. The summed E-state index contributed by atoms with van der Waals surface area (Å²) >= 11 is 0. The summed E-state index contributed by atoms with van der Waals surface area (Å²) in [5.41, 5.74) is 3.15. The molecule has 17 nitrogen and oxygen atoms in total. The molecule has 6 rings (SSSR count). The minimum atomic E-state index is -0.939. The Morgan fingerprint density at radius 1 is 0.603 bits per heavy atom. The van der Waals surface area contributed by atoms with Gasteiger partial charge in [0.25, 0.3) is 0 Å². The van der Waals surface area contributed by atoms with Gasteiger partial charge in [-0.25, -0.2) is 0 Å². The molecule has 78 heavy (non-hydrogen) atoms. The first-order valence-corrected chi connectivity index (χ1v) is 28.1. The van der Waals surface area contributed by atoms with Crippen LogP contribution in [-0.2, 0) is 51.2 Å². The van der Waals surface area contributed by atoms with E-state index in [1.165, 1.54) is 16.0 Å². The van der Waals surface area contributed by atoms with Crippen molar-refractivity contribution < 1.29 is 38.4 Å². The number of amides is 7. The highest BCUT2D eigenvalue weighted by Crippen LogP contribution is 2.35. The van der Waals surface area contributed by atoms with E-state index in [0.29, 0.717) is 6.42 Å². The quantitative estimate of drug-likeness (QED) is 0.0977. The Morgan fingerprint density at radius 2 is 1.05 bits per heavy atom. The van der Waals surface area contributed by atoms with Crippen LogP contribution in [0.2, 0.25) is 0 Å². The zero-order valence-corrected chi connectivity index (χ0v) is 47.7. The molecule has 0 saturated carbocycles. The first-order chi connectivity index (χ1) is 37.0. The van der Waals surface area contributed by atoms with Gasteiger partial charge in [-0.1, -0.05) is 102 Å². The maximum absolute atomic E-state index is 14.5. The number of rotatable bonds is 19. The molecule has 0 radical (unpaired) electrons. The molecule has 7 N–H and O–H groups in total. The molecular formula is C61H85N9O8. The number of likely N-dealkylation sites (N-methyl/N-ethyl adjacent to an activating group) is 2. The molecule has 2 aromatic carbocycles. The van der Waals surface area contributed by atoms with Gasteiger partial charge >= 0.3 is 0 Å². The van der Waals surface area contributed by atoms with Gasteiger partial charge in [0.2, 0.25) is 41.4 Å². The molecule has 2 fully saturated rings. The van der Waals surface area contributed by atoms with E-state index in [-0.39, 0.29) is 111 Å². The average Bonchev–Trinajstić information content (AvgIpc) is 4.10. The number of carbonyl (C=O) groups is 8. The van der Waals surface area contributed by atoms with E-state index in [1.807, 2.05) is 77.9 Å². The Labute approximate surface area is 462 Å². The predicted molar refractivity (Wildman–Crippen MR) is 300 cm³/mol. The van der Waals surface area contributed by atoms with Crippen LogP contribution in [0.1, 0.15) is 160 Å². The summed E-state index contributed by atoms with van der Waals surface area (Å²) in [6, 6.07) is 10.5. The number of Topliss-reactive ketones (excluding diaryl/α,β-unsaturated/α-hetero) is 1. The van der Waals surface area contributed by atoms with Gasteiger partial charge < -0.3 is 47.0 Å². The molecule has 2 aromatic rings. The molecule has 422 valence electrons. The smallest absolute Gasteiger partial charge is 0.246 e. The average molecular weight is 1070 g/mol. The molecule has 2 aliphatic carbocycles. The third-order valence-electron chi connectivity index (χ3n) is 15.8. The van der Waals surface area contributed by atoms with E-state index in [2.05, 4.69) is 73.0 Å². The number of likely N-dealkylation sites (tertiary alicyclic amines) is 2. The highest BCUT2D eigenvalue weighted by Gasteiger charge is 2.48. The maximum Gasteiger partial charge on any atom is 0.246 e. The number of carbonyl (C=O) groups excluding carboxylic acids is 8. The molecule has 4 aliphatic rings. The Bertz CT molecular complexity index is 2470. The number of benzene rings is 2. The summed E-state index contributed by atoms with van der Waals surface area (Å²) < 4.78 is 0. The predicted octanol–water partition coefficient (Wildman–Crippen LogP) is 4.48. The molecule has 10 atom stereocenters. The third-order valence-corrected chi connectivity index (χ3v) is 15.8. The number of nitrogens with zero attached hydrogens (tertiary/aromatic N) is 2. The Kier molecular flexibility index (Phi) is 21.3. The van der Waals surface area contributed by atoms with Crippen molar-refractivity contribution in [2.24, 2.45) is 16.7 Å². The fourth-order valence-electron chi connectivity index (χ4n) is 11.1. The van der Waals surface area contributed by atoms with Crippen molar-refractivity contribution in [3.8, 4) is 23.7 Å². The number of hydrogen-bond acceptors (Lipinski definition) is 10. The molecule has 0 aromatic heterocycles. The number of fused-ring (bicyclic) bond motifs is 2. The van der Waals surface area contributed by atoms with E-state index in [0.717, 1.165) is 49.7 Å². The van der Waals surface area contributed by atoms with E-state index >= 15 is 0 Å². The highest BCUT2D eigenvalue weighted by atomic mass is 16.2. The monoisotopic (exact) mass is 1070 g/mol. The third kappa shape index (κ3) is 16.0. The lowest BCUT2D eigenvalue weighted by atomic mass is 9.85. The molecule has 2 saturated heterocycles. The molecule has 0 unspecified atom stereocenters. The van der Waals surface area contributed by atoms with Crippen molar-refractivity contribution >= 4 is 47.1 Å². The topological polar surface area (TPSA) is 227 Å². The SMILES string of the molecule is CN[C@@H](C)C(=O)N[C@H](C(=O)N1C[C@@H](CC(=O)CCC#CC#CCCC(=O)N[C@H]2C[C@@H](C(=O)N[C@@H]3CCCc4ccccc43)N(C(=O)[C@@H](NC(=O)[C@H](C)NC)C(C)(C)C)C2)C[C@H]1C(=O)N[C@@H]1CCCc2ccccc21)C(C)(C)C. The lowest BCUT2D eigenvalue weighted by Crippen LogP contribution is -2.59. The van der Waals surface area contributed by atoms with Crippen LogP contribution in [0.15, 0.2) is 48.5 Å². The second kappa shape index (κ2) is 27.3. The fourth-order valence-corrected chi connectivity index (χ4v) is 11.1. The van der Waals surface area contributed by atoms with E-state index in [9.17, 15) is 38.4 Å². The number of hydrogen-bond donors (Lipinski definition) is 7. The van der Waals surface area contributed by atoms with Crippen LogP contribution in [0.25, 0.3) is 0 Å². The maximum atomic E-state index is 14.5. The summed E-state index contributed by atoms with van der Waals surface area (Å²) in [6.07, 6.45) is 6.56. The van der Waals surface area contributed by atoms with Crippen LogP contribution in [0.4, 0.5) is 0 Å². The number of aryl methyl sites for hydroxylation is 2. The normalized spacial score (nSPS) is 22.3. The van der Waals surface area contributed by atoms with Crippen molar-refractivity contribution in [1.29, 1.82) is 0 Å². The van der Waals surface area contributed by atoms with E-state index in [4.69, 9.17) is 0 Å². The van der Waals surface area contributed by atoms with Crippen LogP contribution in [0, 0.1) is 40.4 Å². The van der Waals surface area contributed by atoms with Gasteiger partial charge in [0, 0.05) is 51.2 Å². The molecule has 0 spiro atoms.